The van der Waals surface area contributed by atoms with Crippen LogP contribution in [0.4, 0.5) is 4.39 Å². The third kappa shape index (κ3) is 5.98. The van der Waals surface area contributed by atoms with Gasteiger partial charge in [0.25, 0.3) is 5.56 Å². The van der Waals surface area contributed by atoms with E-state index in [0.717, 1.165) is 21.4 Å². The molecule has 1 aromatic carbocycles. The van der Waals surface area contributed by atoms with Crippen LogP contribution >= 0.6 is 0 Å². The third-order valence-electron chi connectivity index (χ3n) is 5.51. The van der Waals surface area contributed by atoms with Crippen LogP contribution in [0, 0.1) is 5.82 Å². The van der Waals surface area contributed by atoms with Crippen molar-refractivity contribution >= 4 is 0 Å². The van der Waals surface area contributed by atoms with E-state index in [9.17, 15) is 29.3 Å². The summed E-state index contributed by atoms with van der Waals surface area (Å²) in [5.41, 5.74) is 0.302. The summed E-state index contributed by atoms with van der Waals surface area (Å²) in [4.78, 5) is 29.5. The summed E-state index contributed by atoms with van der Waals surface area (Å²) in [5.74, 6) is -0.392. The Morgan fingerprint density at radius 1 is 1.06 bits per heavy atom. The number of aromatic nitrogens is 3. The maximum atomic E-state index is 13.5. The average molecular weight is 486 g/mol. The second-order valence-electron chi connectivity index (χ2n) is 7.87. The molecule has 10 heteroatoms. The zero-order chi connectivity index (χ0) is 25.5. The number of aliphatic hydroxyl groups is 3. The van der Waals surface area contributed by atoms with E-state index in [0.29, 0.717) is 16.8 Å². The van der Waals surface area contributed by atoms with Crippen molar-refractivity contribution in [3.8, 4) is 11.1 Å². The molecular weight excluding hydrogens is 457 g/mol. The molecule has 1 aliphatic rings. The fourth-order valence-electron chi connectivity index (χ4n) is 3.55. The Kier molecular flexibility index (Phi) is 8.83. The smallest absolute Gasteiger partial charge is 0.333 e. The maximum absolute atomic E-state index is 13.5. The van der Waals surface area contributed by atoms with Crippen LogP contribution in [0.2, 0.25) is 0 Å². The molecule has 4 rings (SSSR count). The second-order valence-corrected chi connectivity index (χ2v) is 7.87. The summed E-state index contributed by atoms with van der Waals surface area (Å²) >= 11 is 0. The van der Waals surface area contributed by atoms with E-state index < -0.39 is 48.2 Å². The molecule has 0 saturated carbocycles. The molecule has 4 unspecified atom stereocenters. The van der Waals surface area contributed by atoms with Gasteiger partial charge in [-0.15, -0.1) is 0 Å². The molecule has 3 N–H and O–H groups in total. The van der Waals surface area contributed by atoms with E-state index >= 15 is 0 Å². The van der Waals surface area contributed by atoms with Gasteiger partial charge in [0, 0.05) is 18.5 Å². The molecule has 1 saturated heterocycles. The lowest BCUT2D eigenvalue weighted by atomic mass is 10.1. The molecule has 3 heterocycles. The number of pyridine rings is 1. The topological polar surface area (TPSA) is 127 Å². The van der Waals surface area contributed by atoms with Crippen molar-refractivity contribution in [2.24, 2.45) is 0 Å². The first-order valence-corrected chi connectivity index (χ1v) is 11.0. The quantitative estimate of drug-likeness (QED) is 0.467. The second kappa shape index (κ2) is 11.8. The van der Waals surface area contributed by atoms with Crippen LogP contribution in [0.25, 0.3) is 11.1 Å². The summed E-state index contributed by atoms with van der Waals surface area (Å²) in [5, 5.41) is 29.4. The molecule has 35 heavy (non-hydrogen) atoms. The SMILES string of the molecule is C/C=C\C.O=c1ccn(C2OC(CO)C(O)C2O)c(=O)n1Cc1cc(-c2cccc(F)c2)ccn1. The van der Waals surface area contributed by atoms with Crippen LogP contribution in [0.3, 0.4) is 0 Å². The summed E-state index contributed by atoms with van der Waals surface area (Å²) < 4.78 is 20.8. The number of benzene rings is 1. The van der Waals surface area contributed by atoms with E-state index in [-0.39, 0.29) is 6.54 Å². The van der Waals surface area contributed by atoms with Crippen LogP contribution in [-0.4, -0.2) is 54.4 Å². The monoisotopic (exact) mass is 485 g/mol. The molecule has 0 amide bonds. The highest BCUT2D eigenvalue weighted by molar-refractivity contribution is 5.63. The summed E-state index contributed by atoms with van der Waals surface area (Å²) in [6.07, 6.45) is 1.49. The zero-order valence-corrected chi connectivity index (χ0v) is 19.4. The first-order chi connectivity index (χ1) is 16.8. The zero-order valence-electron chi connectivity index (χ0n) is 19.4. The highest BCUT2D eigenvalue weighted by Crippen LogP contribution is 2.28. The van der Waals surface area contributed by atoms with Gasteiger partial charge in [0.15, 0.2) is 6.23 Å². The van der Waals surface area contributed by atoms with Crippen molar-refractivity contribution < 1.29 is 24.4 Å². The van der Waals surface area contributed by atoms with E-state index in [1.807, 2.05) is 26.0 Å². The van der Waals surface area contributed by atoms with Crippen molar-refractivity contribution in [1.29, 1.82) is 0 Å². The molecule has 0 radical (unpaired) electrons. The number of ether oxygens (including phenoxy) is 1. The lowest BCUT2D eigenvalue weighted by Gasteiger charge is -2.18. The van der Waals surface area contributed by atoms with Crippen LogP contribution in [0.15, 0.2) is 76.6 Å². The molecule has 1 aliphatic heterocycles. The Labute approximate surface area is 201 Å². The number of halogens is 1. The fourth-order valence-corrected chi connectivity index (χ4v) is 3.55. The lowest BCUT2D eigenvalue weighted by Crippen LogP contribution is -2.43. The largest absolute Gasteiger partial charge is 0.394 e. The van der Waals surface area contributed by atoms with Crippen molar-refractivity contribution in [3.05, 3.63) is 99.4 Å². The molecule has 1 fully saturated rings. The molecular formula is C25H28FN3O6. The molecule has 9 nitrogen and oxygen atoms in total. The highest BCUT2D eigenvalue weighted by Gasteiger charge is 2.43. The van der Waals surface area contributed by atoms with Gasteiger partial charge < -0.3 is 20.1 Å². The van der Waals surface area contributed by atoms with Gasteiger partial charge in [-0.05, 0) is 49.2 Å². The van der Waals surface area contributed by atoms with E-state index in [1.165, 1.54) is 18.3 Å². The van der Waals surface area contributed by atoms with Crippen molar-refractivity contribution in [1.82, 2.24) is 14.1 Å². The summed E-state index contributed by atoms with van der Waals surface area (Å²) in [7, 11) is 0. The first kappa shape index (κ1) is 26.2. The van der Waals surface area contributed by atoms with E-state index in [1.54, 1.807) is 24.3 Å². The van der Waals surface area contributed by atoms with Crippen molar-refractivity contribution in [2.45, 2.75) is 44.9 Å². The number of hydrogen-bond acceptors (Lipinski definition) is 7. The van der Waals surface area contributed by atoms with Crippen molar-refractivity contribution in [3.63, 3.8) is 0 Å². The minimum atomic E-state index is -1.46. The molecule has 3 aromatic rings. The molecule has 4 atom stereocenters. The number of nitrogens with zero attached hydrogens (tertiary/aromatic N) is 3. The Balaban J connectivity index is 0.000000795. The predicted octanol–water partition coefficient (Wildman–Crippen LogP) is 1.45. The van der Waals surface area contributed by atoms with Crippen molar-refractivity contribution in [2.75, 3.05) is 6.61 Å². The van der Waals surface area contributed by atoms with Crippen LogP contribution in [-0.2, 0) is 11.3 Å². The number of hydrogen-bond donors (Lipinski definition) is 3. The van der Waals surface area contributed by atoms with Crippen LogP contribution < -0.4 is 11.2 Å². The van der Waals surface area contributed by atoms with Gasteiger partial charge in [0.2, 0.25) is 0 Å². The normalized spacial score (nSPS) is 21.7. The first-order valence-electron chi connectivity index (χ1n) is 11.0. The highest BCUT2D eigenvalue weighted by atomic mass is 19.1. The van der Waals surface area contributed by atoms with E-state index in [4.69, 9.17) is 4.74 Å². The Bertz CT molecular complexity index is 1280. The Hall–Kier alpha value is -3.44. The number of aliphatic hydroxyl groups excluding tert-OH is 3. The van der Waals surface area contributed by atoms with E-state index in [2.05, 4.69) is 4.98 Å². The van der Waals surface area contributed by atoms with Gasteiger partial charge >= 0.3 is 5.69 Å². The molecule has 0 aliphatic carbocycles. The minimum Gasteiger partial charge on any atom is -0.394 e. The van der Waals surface area contributed by atoms with Gasteiger partial charge in [-0.1, -0.05) is 24.3 Å². The molecule has 0 spiro atoms. The molecule has 2 aromatic heterocycles. The predicted molar refractivity (Wildman–Crippen MR) is 127 cm³/mol. The fraction of sp³-hybridized carbons (Fsp3) is 0.320. The summed E-state index contributed by atoms with van der Waals surface area (Å²) in [6, 6.07) is 10.5. The van der Waals surface area contributed by atoms with Crippen LogP contribution in [0.5, 0.6) is 0 Å². The van der Waals surface area contributed by atoms with Gasteiger partial charge in [0.1, 0.15) is 24.1 Å². The van der Waals surface area contributed by atoms with Gasteiger partial charge in [-0.2, -0.15) is 0 Å². The Morgan fingerprint density at radius 2 is 1.77 bits per heavy atom. The third-order valence-corrected chi connectivity index (χ3v) is 5.51. The number of allylic oxidation sites excluding steroid dienone is 2. The molecule has 186 valence electrons. The van der Waals surface area contributed by atoms with Gasteiger partial charge in [-0.25, -0.2) is 9.18 Å². The summed E-state index contributed by atoms with van der Waals surface area (Å²) in [6.45, 7) is 3.29. The van der Waals surface area contributed by atoms with Gasteiger partial charge in [0.05, 0.1) is 18.8 Å². The maximum Gasteiger partial charge on any atom is 0.333 e. The number of rotatable bonds is 5. The lowest BCUT2D eigenvalue weighted by molar-refractivity contribution is -0.0555. The Morgan fingerprint density at radius 3 is 2.40 bits per heavy atom. The van der Waals surface area contributed by atoms with Crippen LogP contribution in [0.1, 0.15) is 25.8 Å². The molecule has 0 bridgehead atoms. The van der Waals surface area contributed by atoms with Gasteiger partial charge in [-0.3, -0.25) is 18.9 Å². The average Bonchev–Trinajstić information content (AvgIpc) is 3.15. The standard InChI is InChI=1S/C21H20FN3O6.C4H8/c22-14-3-1-2-12(8-14)13-4-6-23-15(9-13)10-25-17(27)5-7-24(21(25)30)20-19(29)18(28)16(11-26)31-20;1-3-4-2/h1-9,16,18-20,26,28-29H,10-11H2;3-4H,1-2H3/b;4-3-. The minimum absolute atomic E-state index is 0.170.